The van der Waals surface area contributed by atoms with Gasteiger partial charge in [0.05, 0.1) is 0 Å². The maximum Gasteiger partial charge on any atom is 1.00 e. The zero-order chi connectivity index (χ0) is 10.7. The van der Waals surface area contributed by atoms with E-state index in [4.69, 9.17) is 0 Å². The second kappa shape index (κ2) is 6.36. The second-order valence-corrected chi connectivity index (χ2v) is 4.54. The second-order valence-electron chi connectivity index (χ2n) is 2.73. The van der Waals surface area contributed by atoms with E-state index in [1.54, 1.807) is 0 Å². The number of rotatable bonds is 4. The first-order chi connectivity index (χ1) is 5.77. The van der Waals surface area contributed by atoms with E-state index < -0.39 is 20.9 Å². The third-order valence-corrected chi connectivity index (χ3v) is 3.29. The summed E-state index contributed by atoms with van der Waals surface area (Å²) in [5.41, 5.74) is 0. The zero-order valence-electron chi connectivity index (χ0n) is 8.53. The number of hydrogen-bond acceptors (Lipinski definition) is 4. The Labute approximate surface area is 127 Å². The minimum atomic E-state index is -4.55. The quantitative estimate of drug-likeness (QED) is 0.324. The van der Waals surface area contributed by atoms with Gasteiger partial charge in [0.1, 0.15) is 15.0 Å². The standard InChI is InChI=1S/C7H13NO4S.K/c1-4-6(9)8-7(3,5-2)13(10,11)12;/h4H,1,5H2,2-3H3,(H,8,9)(H,10,11,12);/q;+1/p-1. The fourth-order valence-electron chi connectivity index (χ4n) is 0.639. The average Bonchev–Trinajstić information content (AvgIpc) is 2.02. The molecule has 7 heteroatoms. The molecule has 0 spiro atoms. The maximum atomic E-state index is 10.8. The zero-order valence-corrected chi connectivity index (χ0v) is 12.5. The molecule has 0 fully saturated rings. The Morgan fingerprint density at radius 1 is 1.64 bits per heavy atom. The van der Waals surface area contributed by atoms with Crippen LogP contribution in [0.3, 0.4) is 0 Å². The van der Waals surface area contributed by atoms with Gasteiger partial charge in [-0.25, -0.2) is 8.42 Å². The van der Waals surface area contributed by atoms with Crippen molar-refractivity contribution in [3.05, 3.63) is 12.7 Å². The third kappa shape index (κ3) is 4.52. The van der Waals surface area contributed by atoms with Gasteiger partial charge in [-0.05, 0) is 19.4 Å². The average molecular weight is 245 g/mol. The van der Waals surface area contributed by atoms with Gasteiger partial charge in [-0.1, -0.05) is 13.5 Å². The van der Waals surface area contributed by atoms with Crippen molar-refractivity contribution in [1.82, 2.24) is 5.32 Å². The van der Waals surface area contributed by atoms with Crippen LogP contribution in [0.15, 0.2) is 12.7 Å². The Bertz CT molecular complexity index is 314. The minimum absolute atomic E-state index is 0. The van der Waals surface area contributed by atoms with Crippen LogP contribution >= 0.6 is 0 Å². The van der Waals surface area contributed by atoms with Crippen LogP contribution in [0.5, 0.6) is 0 Å². The molecule has 0 saturated carbocycles. The number of amides is 1. The summed E-state index contributed by atoms with van der Waals surface area (Å²) in [5, 5.41) is 2.08. The van der Waals surface area contributed by atoms with Crippen molar-refractivity contribution in [3.8, 4) is 0 Å². The summed E-state index contributed by atoms with van der Waals surface area (Å²) in [6.07, 6.45) is 0.928. The third-order valence-electron chi connectivity index (χ3n) is 1.80. The van der Waals surface area contributed by atoms with Gasteiger partial charge in [0, 0.05) is 0 Å². The summed E-state index contributed by atoms with van der Waals surface area (Å²) >= 11 is 0. The Kier molecular flexibility index (Phi) is 7.80. The normalized spacial score (nSPS) is 14.8. The molecule has 0 aromatic rings. The first-order valence-corrected chi connectivity index (χ1v) is 5.07. The molecule has 0 aromatic heterocycles. The first kappa shape index (κ1) is 17.2. The smallest absolute Gasteiger partial charge is 0.746 e. The van der Waals surface area contributed by atoms with Crippen molar-refractivity contribution >= 4 is 16.0 Å². The number of carbonyl (C=O) groups excluding carboxylic acids is 1. The van der Waals surface area contributed by atoms with E-state index in [1.807, 2.05) is 0 Å². The molecule has 0 radical (unpaired) electrons. The molecule has 0 aliphatic carbocycles. The van der Waals surface area contributed by atoms with Gasteiger partial charge >= 0.3 is 51.4 Å². The molecule has 1 amide bonds. The predicted molar refractivity (Wildman–Crippen MR) is 46.7 cm³/mol. The predicted octanol–water partition coefficient (Wildman–Crippen LogP) is -3.04. The molecule has 0 rings (SSSR count). The molecular weight excluding hydrogens is 233 g/mol. The van der Waals surface area contributed by atoms with Crippen LogP contribution < -0.4 is 56.7 Å². The first-order valence-electron chi connectivity index (χ1n) is 3.67. The fraction of sp³-hybridized carbons (Fsp3) is 0.571. The SMILES string of the molecule is C=CC(=O)NC(C)(CC)S(=O)(=O)[O-].[K+]. The van der Waals surface area contributed by atoms with Gasteiger partial charge in [-0.15, -0.1) is 0 Å². The van der Waals surface area contributed by atoms with E-state index >= 15 is 0 Å². The van der Waals surface area contributed by atoms with Crippen LogP contribution in [0.1, 0.15) is 20.3 Å². The number of hydrogen-bond donors (Lipinski definition) is 1. The molecule has 76 valence electrons. The molecule has 1 N–H and O–H groups in total. The molecule has 0 heterocycles. The molecular formula is C7H12KNO4S. The van der Waals surface area contributed by atoms with Crippen molar-refractivity contribution in [2.24, 2.45) is 0 Å². The Hall–Kier alpha value is 0.756. The van der Waals surface area contributed by atoms with Crippen molar-refractivity contribution in [2.45, 2.75) is 25.1 Å². The summed E-state index contributed by atoms with van der Waals surface area (Å²) in [7, 11) is -4.55. The molecule has 14 heavy (non-hydrogen) atoms. The summed E-state index contributed by atoms with van der Waals surface area (Å²) < 4.78 is 32.2. The van der Waals surface area contributed by atoms with Crippen LogP contribution in [-0.2, 0) is 14.9 Å². The van der Waals surface area contributed by atoms with Gasteiger partial charge in [-0.2, -0.15) is 0 Å². The van der Waals surface area contributed by atoms with Gasteiger partial charge in [0.15, 0.2) is 0 Å². The molecule has 0 aromatic carbocycles. The topological polar surface area (TPSA) is 86.3 Å². The molecule has 1 atom stereocenters. The Morgan fingerprint density at radius 2 is 2.07 bits per heavy atom. The summed E-state index contributed by atoms with van der Waals surface area (Å²) in [6.45, 7) is 5.81. The van der Waals surface area contributed by atoms with Crippen molar-refractivity contribution in [2.75, 3.05) is 0 Å². The largest absolute Gasteiger partial charge is 1.00 e. The van der Waals surface area contributed by atoms with E-state index in [0.717, 1.165) is 13.0 Å². The van der Waals surface area contributed by atoms with Gasteiger partial charge in [-0.3, -0.25) is 4.79 Å². The summed E-state index contributed by atoms with van der Waals surface area (Å²) in [4.78, 5) is 9.05. The summed E-state index contributed by atoms with van der Waals surface area (Å²) in [5.74, 6) is -0.677. The van der Waals surface area contributed by atoms with E-state index in [2.05, 4.69) is 11.9 Å². The van der Waals surface area contributed by atoms with Crippen molar-refractivity contribution in [3.63, 3.8) is 0 Å². The van der Waals surface area contributed by atoms with Crippen LogP contribution in [-0.4, -0.2) is 23.7 Å². The molecule has 0 saturated heterocycles. The van der Waals surface area contributed by atoms with E-state index in [-0.39, 0.29) is 57.8 Å². The van der Waals surface area contributed by atoms with Gasteiger partial charge < -0.3 is 9.87 Å². The maximum absolute atomic E-state index is 10.8. The fourth-order valence-corrected chi connectivity index (χ4v) is 1.22. The number of carbonyl (C=O) groups is 1. The van der Waals surface area contributed by atoms with Crippen LogP contribution in [0.2, 0.25) is 0 Å². The minimum Gasteiger partial charge on any atom is -0.746 e. The molecule has 0 aliphatic heterocycles. The molecule has 5 nitrogen and oxygen atoms in total. The monoisotopic (exact) mass is 245 g/mol. The number of nitrogens with one attached hydrogen (secondary N) is 1. The van der Waals surface area contributed by atoms with Crippen molar-refractivity contribution in [1.29, 1.82) is 0 Å². The van der Waals surface area contributed by atoms with Gasteiger partial charge in [0.25, 0.3) is 0 Å². The Balaban J connectivity index is 0. The van der Waals surface area contributed by atoms with Gasteiger partial charge in [0.2, 0.25) is 5.91 Å². The van der Waals surface area contributed by atoms with E-state index in [1.165, 1.54) is 6.92 Å². The molecule has 1 unspecified atom stereocenters. The van der Waals surface area contributed by atoms with Crippen LogP contribution in [0, 0.1) is 0 Å². The van der Waals surface area contributed by atoms with Crippen LogP contribution in [0.4, 0.5) is 0 Å². The van der Waals surface area contributed by atoms with Crippen molar-refractivity contribution < 1.29 is 69.1 Å². The summed E-state index contributed by atoms with van der Waals surface area (Å²) in [6, 6.07) is 0. The van der Waals surface area contributed by atoms with Crippen LogP contribution in [0.25, 0.3) is 0 Å². The molecule has 0 aliphatic rings. The van der Waals surface area contributed by atoms with E-state index in [0.29, 0.717) is 0 Å². The Morgan fingerprint density at radius 3 is 2.29 bits per heavy atom. The van der Waals surface area contributed by atoms with E-state index in [9.17, 15) is 17.8 Å². The molecule has 0 bridgehead atoms.